The maximum absolute atomic E-state index is 5.65. The van der Waals surface area contributed by atoms with Crippen LogP contribution in [0.2, 0.25) is 0 Å². The van der Waals surface area contributed by atoms with Gasteiger partial charge in [0.25, 0.3) is 0 Å². The Hall–Kier alpha value is -0.340. The van der Waals surface area contributed by atoms with Crippen molar-refractivity contribution in [1.82, 2.24) is 0 Å². The van der Waals surface area contributed by atoms with E-state index in [9.17, 15) is 0 Å². The predicted octanol–water partition coefficient (Wildman–Crippen LogP) is 2.35. The minimum Gasteiger partial charge on any atom is -0.348 e. The van der Waals surface area contributed by atoms with Crippen molar-refractivity contribution in [3.8, 4) is 0 Å². The normalized spacial score (nSPS) is 30.1. The summed E-state index contributed by atoms with van der Waals surface area (Å²) in [6.45, 7) is 10.5. The number of allylic oxidation sites excluding steroid dienone is 1. The van der Waals surface area contributed by atoms with Crippen molar-refractivity contribution in [3.63, 3.8) is 0 Å². The summed E-state index contributed by atoms with van der Waals surface area (Å²) in [4.78, 5) is 0. The van der Waals surface area contributed by atoms with Gasteiger partial charge in [0.1, 0.15) is 0 Å². The van der Waals surface area contributed by atoms with Gasteiger partial charge >= 0.3 is 0 Å². The van der Waals surface area contributed by atoms with E-state index < -0.39 is 0 Å². The Balaban J connectivity index is 2.33. The number of hydrogen-bond acceptors (Lipinski definition) is 2. The average molecular weight is 170 g/mol. The lowest BCUT2D eigenvalue weighted by Crippen LogP contribution is -2.22. The molecule has 0 bridgehead atoms. The first-order chi connectivity index (χ1) is 5.53. The van der Waals surface area contributed by atoms with Gasteiger partial charge < -0.3 is 9.47 Å². The first-order valence-corrected chi connectivity index (χ1v) is 4.48. The fourth-order valence-corrected chi connectivity index (χ4v) is 1.39. The zero-order valence-electron chi connectivity index (χ0n) is 8.17. The molecule has 0 unspecified atom stereocenters. The molecular weight excluding hydrogens is 152 g/mol. The van der Waals surface area contributed by atoms with Crippen molar-refractivity contribution in [2.75, 3.05) is 6.61 Å². The molecule has 1 rings (SSSR count). The Bertz CT molecular complexity index is 163. The second-order valence-corrected chi connectivity index (χ2v) is 3.90. The van der Waals surface area contributed by atoms with Crippen LogP contribution in [-0.2, 0) is 9.47 Å². The Morgan fingerprint density at radius 2 is 2.33 bits per heavy atom. The van der Waals surface area contributed by atoms with Gasteiger partial charge in [0.05, 0.1) is 12.7 Å². The largest absolute Gasteiger partial charge is 0.348 e. The van der Waals surface area contributed by atoms with Crippen molar-refractivity contribution in [3.05, 3.63) is 12.7 Å². The molecule has 0 aliphatic carbocycles. The van der Waals surface area contributed by atoms with Gasteiger partial charge in [-0.05, 0) is 26.2 Å². The van der Waals surface area contributed by atoms with Crippen LogP contribution < -0.4 is 0 Å². The Morgan fingerprint density at radius 3 is 2.75 bits per heavy atom. The third-order valence-electron chi connectivity index (χ3n) is 2.10. The molecule has 2 nitrogen and oxygen atoms in total. The third kappa shape index (κ3) is 2.61. The smallest absolute Gasteiger partial charge is 0.163 e. The van der Waals surface area contributed by atoms with Gasteiger partial charge in [-0.25, -0.2) is 0 Å². The van der Waals surface area contributed by atoms with E-state index in [4.69, 9.17) is 9.47 Å². The van der Waals surface area contributed by atoms with E-state index >= 15 is 0 Å². The van der Waals surface area contributed by atoms with Crippen LogP contribution in [0.25, 0.3) is 0 Å². The van der Waals surface area contributed by atoms with E-state index in [1.807, 2.05) is 19.9 Å². The molecule has 0 saturated carbocycles. The minimum atomic E-state index is -0.383. The van der Waals surface area contributed by atoms with E-state index in [1.165, 1.54) is 0 Å². The van der Waals surface area contributed by atoms with Crippen molar-refractivity contribution < 1.29 is 9.47 Å². The first-order valence-electron chi connectivity index (χ1n) is 4.48. The van der Waals surface area contributed by atoms with Crippen molar-refractivity contribution >= 4 is 0 Å². The summed E-state index contributed by atoms with van der Waals surface area (Å²) < 4.78 is 11.1. The van der Waals surface area contributed by atoms with Gasteiger partial charge in [-0.1, -0.05) is 13.0 Å². The molecule has 0 aromatic heterocycles. The van der Waals surface area contributed by atoms with Crippen LogP contribution in [-0.4, -0.2) is 18.5 Å². The molecule has 1 aliphatic heterocycles. The van der Waals surface area contributed by atoms with Crippen LogP contribution in [0.15, 0.2) is 12.7 Å². The zero-order chi connectivity index (χ0) is 9.19. The second kappa shape index (κ2) is 3.58. The van der Waals surface area contributed by atoms with Crippen LogP contribution >= 0.6 is 0 Å². The van der Waals surface area contributed by atoms with E-state index in [2.05, 4.69) is 13.5 Å². The molecule has 0 aromatic rings. The van der Waals surface area contributed by atoms with Crippen molar-refractivity contribution in [1.29, 1.82) is 0 Å². The molecular formula is C10H18O2. The lowest BCUT2D eigenvalue weighted by atomic mass is 10.0. The highest BCUT2D eigenvalue weighted by molar-refractivity contribution is 4.80. The molecule has 1 aliphatic rings. The molecule has 70 valence electrons. The van der Waals surface area contributed by atoms with E-state index in [0.717, 1.165) is 6.42 Å². The molecule has 0 spiro atoms. The molecule has 0 aromatic carbocycles. The van der Waals surface area contributed by atoms with Crippen molar-refractivity contribution in [2.45, 2.75) is 39.1 Å². The minimum absolute atomic E-state index is 0.244. The molecule has 0 amide bonds. The zero-order valence-corrected chi connectivity index (χ0v) is 8.17. The van der Waals surface area contributed by atoms with Gasteiger partial charge in [-0.15, -0.1) is 6.58 Å². The van der Waals surface area contributed by atoms with Crippen LogP contribution in [0, 0.1) is 5.92 Å². The number of rotatable bonds is 3. The summed E-state index contributed by atoms with van der Waals surface area (Å²) in [6, 6.07) is 0. The Morgan fingerprint density at radius 1 is 1.67 bits per heavy atom. The Labute approximate surface area is 74.6 Å². The summed E-state index contributed by atoms with van der Waals surface area (Å²) in [5, 5.41) is 0. The molecule has 1 fully saturated rings. The highest BCUT2D eigenvalue weighted by Crippen LogP contribution is 2.26. The monoisotopic (exact) mass is 170 g/mol. The van der Waals surface area contributed by atoms with Crippen LogP contribution in [0.4, 0.5) is 0 Å². The number of ether oxygens (including phenoxy) is 2. The van der Waals surface area contributed by atoms with Crippen LogP contribution in [0.1, 0.15) is 27.2 Å². The summed E-state index contributed by atoms with van der Waals surface area (Å²) >= 11 is 0. The molecule has 2 heteroatoms. The van der Waals surface area contributed by atoms with Gasteiger partial charge in [-0.2, -0.15) is 0 Å². The van der Waals surface area contributed by atoms with E-state index in [0.29, 0.717) is 12.5 Å². The second-order valence-electron chi connectivity index (χ2n) is 3.90. The Kier molecular flexibility index (Phi) is 2.91. The predicted molar refractivity (Wildman–Crippen MR) is 48.9 cm³/mol. The highest BCUT2D eigenvalue weighted by Gasteiger charge is 2.32. The molecule has 2 atom stereocenters. The summed E-state index contributed by atoms with van der Waals surface area (Å²) in [7, 11) is 0. The van der Waals surface area contributed by atoms with Gasteiger partial charge in [-0.3, -0.25) is 0 Å². The first kappa shape index (κ1) is 9.75. The lowest BCUT2D eigenvalue weighted by molar-refractivity contribution is -0.139. The molecule has 1 heterocycles. The lowest BCUT2D eigenvalue weighted by Gasteiger charge is -2.17. The fraction of sp³-hybridized carbons (Fsp3) is 0.800. The summed E-state index contributed by atoms with van der Waals surface area (Å²) in [5.41, 5.74) is 0. The molecule has 0 radical (unpaired) electrons. The third-order valence-corrected chi connectivity index (χ3v) is 2.10. The SMILES string of the molecule is C=C[C@H](C)C[C@@H]1COC(C)(C)O1. The molecule has 0 N–H and O–H groups in total. The fourth-order valence-electron chi connectivity index (χ4n) is 1.39. The van der Waals surface area contributed by atoms with E-state index in [1.54, 1.807) is 0 Å². The van der Waals surface area contributed by atoms with Gasteiger partial charge in [0, 0.05) is 0 Å². The topological polar surface area (TPSA) is 18.5 Å². The highest BCUT2D eigenvalue weighted by atomic mass is 16.7. The summed E-state index contributed by atoms with van der Waals surface area (Å²) in [5.74, 6) is 0.124. The maximum atomic E-state index is 5.65. The summed E-state index contributed by atoms with van der Waals surface area (Å²) in [6.07, 6.45) is 3.20. The average Bonchev–Trinajstić information content (AvgIpc) is 2.30. The van der Waals surface area contributed by atoms with Crippen LogP contribution in [0.5, 0.6) is 0 Å². The standard InChI is InChI=1S/C10H18O2/c1-5-8(2)6-9-7-11-10(3,4)12-9/h5,8-9H,1,6-7H2,2-4H3/t8-,9+/m0/s1. The quantitative estimate of drug-likeness (QED) is 0.605. The molecule has 1 saturated heterocycles. The van der Waals surface area contributed by atoms with Gasteiger partial charge in [0.2, 0.25) is 0 Å². The van der Waals surface area contributed by atoms with E-state index in [-0.39, 0.29) is 11.9 Å². The van der Waals surface area contributed by atoms with Gasteiger partial charge in [0.15, 0.2) is 5.79 Å². The van der Waals surface area contributed by atoms with Crippen LogP contribution in [0.3, 0.4) is 0 Å². The van der Waals surface area contributed by atoms with Crippen molar-refractivity contribution in [2.24, 2.45) is 5.92 Å². The maximum Gasteiger partial charge on any atom is 0.163 e. The number of hydrogen-bond donors (Lipinski definition) is 0. The molecule has 12 heavy (non-hydrogen) atoms.